The summed E-state index contributed by atoms with van der Waals surface area (Å²) < 4.78 is 0.803. The molecular formula is C10H7BrN2S. The third-order valence-corrected chi connectivity index (χ3v) is 2.73. The molecule has 0 aliphatic rings. The van der Waals surface area contributed by atoms with E-state index in [9.17, 15) is 0 Å². The number of thiophene rings is 1. The molecular weight excluding hydrogens is 260 g/mol. The summed E-state index contributed by atoms with van der Waals surface area (Å²) in [5.41, 5.74) is 1.11. The van der Waals surface area contributed by atoms with E-state index in [1.54, 1.807) is 11.3 Å². The maximum absolute atomic E-state index is 4.25. The minimum absolute atomic E-state index is 0.713. The van der Waals surface area contributed by atoms with Crippen molar-refractivity contribution in [1.29, 1.82) is 0 Å². The fourth-order valence-electron chi connectivity index (χ4n) is 0.959. The van der Waals surface area contributed by atoms with Gasteiger partial charge >= 0.3 is 0 Å². The SMILES string of the molecule is Brc1cccc(N=Cc2ccsc2)n1. The van der Waals surface area contributed by atoms with E-state index in [-0.39, 0.29) is 0 Å². The van der Waals surface area contributed by atoms with Crippen molar-refractivity contribution >= 4 is 39.3 Å². The maximum atomic E-state index is 4.25. The standard InChI is InChI=1S/C10H7BrN2S/c11-9-2-1-3-10(13-9)12-6-8-4-5-14-7-8/h1-7H. The third-order valence-electron chi connectivity index (χ3n) is 1.59. The second-order valence-corrected chi connectivity index (χ2v) is 4.23. The Labute approximate surface area is 94.5 Å². The minimum Gasteiger partial charge on any atom is -0.236 e. The highest BCUT2D eigenvalue weighted by molar-refractivity contribution is 9.10. The first kappa shape index (κ1) is 9.55. The van der Waals surface area contributed by atoms with Crippen LogP contribution in [0.3, 0.4) is 0 Å². The summed E-state index contributed by atoms with van der Waals surface area (Å²) in [5.74, 6) is 0.713. The van der Waals surface area contributed by atoms with Gasteiger partial charge in [-0.2, -0.15) is 11.3 Å². The van der Waals surface area contributed by atoms with Crippen molar-refractivity contribution in [2.45, 2.75) is 0 Å². The lowest BCUT2D eigenvalue weighted by Crippen LogP contribution is -1.77. The van der Waals surface area contributed by atoms with Gasteiger partial charge < -0.3 is 0 Å². The number of halogens is 1. The van der Waals surface area contributed by atoms with E-state index >= 15 is 0 Å². The van der Waals surface area contributed by atoms with Gasteiger partial charge in [0.25, 0.3) is 0 Å². The van der Waals surface area contributed by atoms with Gasteiger partial charge in [0.1, 0.15) is 4.60 Å². The molecule has 2 rings (SSSR count). The molecule has 0 aliphatic heterocycles. The summed E-state index contributed by atoms with van der Waals surface area (Å²) in [6, 6.07) is 7.68. The Bertz CT molecular complexity index is 437. The number of aromatic nitrogens is 1. The minimum atomic E-state index is 0.713. The van der Waals surface area contributed by atoms with E-state index in [2.05, 4.69) is 25.9 Å². The molecule has 2 aromatic rings. The molecule has 0 N–H and O–H groups in total. The number of pyridine rings is 1. The highest BCUT2D eigenvalue weighted by Gasteiger charge is 1.91. The zero-order valence-corrected chi connectivity index (χ0v) is 9.62. The molecule has 0 saturated carbocycles. The molecule has 2 heterocycles. The van der Waals surface area contributed by atoms with Crippen molar-refractivity contribution in [3.05, 3.63) is 45.2 Å². The first-order chi connectivity index (χ1) is 6.84. The molecule has 70 valence electrons. The molecule has 0 unspecified atom stereocenters. The van der Waals surface area contributed by atoms with Crippen LogP contribution in [0, 0.1) is 0 Å². The normalized spacial score (nSPS) is 10.9. The van der Waals surface area contributed by atoms with Crippen LogP contribution in [0.2, 0.25) is 0 Å². The highest BCUT2D eigenvalue weighted by Crippen LogP contribution is 2.13. The monoisotopic (exact) mass is 266 g/mol. The van der Waals surface area contributed by atoms with Gasteiger partial charge in [-0.25, -0.2) is 9.98 Å². The molecule has 2 aromatic heterocycles. The summed E-state index contributed by atoms with van der Waals surface area (Å²) >= 11 is 4.95. The lowest BCUT2D eigenvalue weighted by atomic mass is 10.4. The summed E-state index contributed by atoms with van der Waals surface area (Å²) in [6.45, 7) is 0. The van der Waals surface area contributed by atoms with Crippen LogP contribution < -0.4 is 0 Å². The first-order valence-electron chi connectivity index (χ1n) is 4.03. The van der Waals surface area contributed by atoms with Gasteiger partial charge in [0.15, 0.2) is 5.82 Å². The number of rotatable bonds is 2. The van der Waals surface area contributed by atoms with Gasteiger partial charge in [0, 0.05) is 11.8 Å². The molecule has 0 radical (unpaired) electrons. The number of nitrogens with zero attached hydrogens (tertiary/aromatic N) is 2. The predicted molar refractivity (Wildman–Crippen MR) is 63.5 cm³/mol. The Morgan fingerprint density at radius 1 is 1.36 bits per heavy atom. The second kappa shape index (κ2) is 4.48. The Hall–Kier alpha value is -1.00. The second-order valence-electron chi connectivity index (χ2n) is 2.63. The van der Waals surface area contributed by atoms with Crippen LogP contribution in [0.4, 0.5) is 5.82 Å². The Balaban J connectivity index is 2.18. The average molecular weight is 267 g/mol. The van der Waals surface area contributed by atoms with Gasteiger partial charge in [-0.1, -0.05) is 6.07 Å². The van der Waals surface area contributed by atoms with Crippen molar-refractivity contribution in [2.75, 3.05) is 0 Å². The van der Waals surface area contributed by atoms with Crippen molar-refractivity contribution in [3.8, 4) is 0 Å². The van der Waals surface area contributed by atoms with Crippen LogP contribution >= 0.6 is 27.3 Å². The molecule has 0 bridgehead atoms. The maximum Gasteiger partial charge on any atom is 0.153 e. The molecule has 2 nitrogen and oxygen atoms in total. The number of hydrogen-bond donors (Lipinski definition) is 0. The number of aliphatic imine (C=N–C) groups is 1. The van der Waals surface area contributed by atoms with Gasteiger partial charge in [-0.3, -0.25) is 0 Å². The smallest absolute Gasteiger partial charge is 0.153 e. The molecule has 0 saturated heterocycles. The zero-order chi connectivity index (χ0) is 9.80. The largest absolute Gasteiger partial charge is 0.236 e. The molecule has 0 aromatic carbocycles. The molecule has 4 heteroatoms. The van der Waals surface area contributed by atoms with Crippen molar-refractivity contribution in [3.63, 3.8) is 0 Å². The van der Waals surface area contributed by atoms with E-state index in [4.69, 9.17) is 0 Å². The quantitative estimate of drug-likeness (QED) is 0.602. The first-order valence-corrected chi connectivity index (χ1v) is 5.77. The molecule has 0 fully saturated rings. The van der Waals surface area contributed by atoms with Gasteiger partial charge in [-0.15, -0.1) is 0 Å². The molecule has 0 spiro atoms. The molecule has 0 amide bonds. The van der Waals surface area contributed by atoms with E-state index < -0.39 is 0 Å². The van der Waals surface area contributed by atoms with Crippen molar-refractivity contribution in [2.24, 2.45) is 4.99 Å². The average Bonchev–Trinajstić information content (AvgIpc) is 2.67. The molecule has 0 aliphatic carbocycles. The lowest BCUT2D eigenvalue weighted by Gasteiger charge is -1.92. The van der Waals surface area contributed by atoms with Gasteiger partial charge in [-0.05, 0) is 44.9 Å². The fraction of sp³-hybridized carbons (Fsp3) is 0. The van der Waals surface area contributed by atoms with Crippen molar-refractivity contribution < 1.29 is 0 Å². The molecule has 14 heavy (non-hydrogen) atoms. The number of hydrogen-bond acceptors (Lipinski definition) is 3. The summed E-state index contributed by atoms with van der Waals surface area (Å²) in [4.78, 5) is 8.44. The van der Waals surface area contributed by atoms with E-state index in [0.29, 0.717) is 5.82 Å². The van der Waals surface area contributed by atoms with Crippen LogP contribution in [0.1, 0.15) is 5.56 Å². The van der Waals surface area contributed by atoms with Gasteiger partial charge in [0.2, 0.25) is 0 Å². The molecule has 0 atom stereocenters. The van der Waals surface area contributed by atoms with Crippen LogP contribution in [-0.4, -0.2) is 11.2 Å². The van der Waals surface area contributed by atoms with E-state index in [1.165, 1.54) is 0 Å². The highest BCUT2D eigenvalue weighted by atomic mass is 79.9. The third kappa shape index (κ3) is 2.49. The summed E-state index contributed by atoms with van der Waals surface area (Å²) in [7, 11) is 0. The topological polar surface area (TPSA) is 25.2 Å². The summed E-state index contributed by atoms with van der Waals surface area (Å²) in [6.07, 6.45) is 1.81. The Morgan fingerprint density at radius 2 is 2.29 bits per heavy atom. The summed E-state index contributed by atoms with van der Waals surface area (Å²) in [5, 5.41) is 4.07. The van der Waals surface area contributed by atoms with Crippen LogP contribution in [0.25, 0.3) is 0 Å². The van der Waals surface area contributed by atoms with Crippen LogP contribution in [-0.2, 0) is 0 Å². The Morgan fingerprint density at radius 3 is 3.00 bits per heavy atom. The zero-order valence-electron chi connectivity index (χ0n) is 7.22. The van der Waals surface area contributed by atoms with Gasteiger partial charge in [0.05, 0.1) is 0 Å². The van der Waals surface area contributed by atoms with Crippen LogP contribution in [0.5, 0.6) is 0 Å². The predicted octanol–water partition coefficient (Wildman–Crippen LogP) is 3.66. The fourth-order valence-corrected chi connectivity index (χ4v) is 1.90. The van der Waals surface area contributed by atoms with Crippen molar-refractivity contribution in [1.82, 2.24) is 4.98 Å². The van der Waals surface area contributed by atoms with E-state index in [0.717, 1.165) is 10.2 Å². The van der Waals surface area contributed by atoms with E-state index in [1.807, 2.05) is 41.2 Å². The Kier molecular flexibility index (Phi) is 3.06. The van der Waals surface area contributed by atoms with Crippen LogP contribution in [0.15, 0.2) is 44.6 Å². The lowest BCUT2D eigenvalue weighted by molar-refractivity contribution is 1.24.